The van der Waals surface area contributed by atoms with Crippen molar-refractivity contribution in [1.82, 2.24) is 9.80 Å². The Kier molecular flexibility index (Phi) is 10.1. The van der Waals surface area contributed by atoms with Crippen LogP contribution < -0.4 is 5.32 Å². The average molecular weight is 596 g/mol. The zero-order valence-electron chi connectivity index (χ0n) is 24.4. The number of anilines is 1. The molecule has 0 unspecified atom stereocenters. The molecule has 0 aromatic heterocycles. The molecule has 0 radical (unpaired) electrons. The van der Waals surface area contributed by atoms with Crippen molar-refractivity contribution < 1.29 is 28.2 Å². The molecule has 1 heterocycles. The van der Waals surface area contributed by atoms with Gasteiger partial charge in [-0.2, -0.15) is 0 Å². The zero-order valence-corrected chi connectivity index (χ0v) is 24.4. The molecule has 1 fully saturated rings. The van der Waals surface area contributed by atoms with Gasteiger partial charge >= 0.3 is 5.97 Å². The van der Waals surface area contributed by atoms with Gasteiger partial charge in [0.15, 0.2) is 0 Å². The minimum atomic E-state index is -0.622. The maximum atomic E-state index is 13.4. The molecule has 1 saturated heterocycles. The molecule has 8 nitrogen and oxygen atoms in total. The Morgan fingerprint density at radius 2 is 1.36 bits per heavy atom. The van der Waals surface area contributed by atoms with Crippen LogP contribution in [0.1, 0.15) is 27.5 Å². The van der Waals surface area contributed by atoms with Gasteiger partial charge in [-0.15, -0.1) is 0 Å². The number of methoxy groups -OCH3 is 1. The Bertz CT molecular complexity index is 1530. The maximum Gasteiger partial charge on any atom is 0.339 e. The standard InChI is InChI=1S/C35H34FN3O5/c1-43-35(42)30-17-14-28(25-12-15-29(36)16-13-25)22-31(30)37-32(40)23-44-24-33(41)38-18-20-39(21-19-38)34(26-8-4-2-5-9-26)27-10-6-3-7-11-27/h2-17,22,34H,18-21,23-24H2,1H3,(H,37,40). The molecule has 4 aromatic carbocycles. The molecule has 1 N–H and O–H groups in total. The van der Waals surface area contributed by atoms with Gasteiger partial charge in [-0.25, -0.2) is 9.18 Å². The number of nitrogens with zero attached hydrogens (tertiary/aromatic N) is 2. The van der Waals surface area contributed by atoms with Gasteiger partial charge in [0.1, 0.15) is 19.0 Å². The van der Waals surface area contributed by atoms with E-state index in [1.807, 2.05) is 36.4 Å². The number of benzene rings is 4. The molecular formula is C35H34FN3O5. The number of ether oxygens (including phenoxy) is 2. The van der Waals surface area contributed by atoms with Crippen molar-refractivity contribution in [3.8, 4) is 11.1 Å². The lowest BCUT2D eigenvalue weighted by atomic mass is 9.96. The van der Waals surface area contributed by atoms with Crippen LogP contribution in [0.25, 0.3) is 11.1 Å². The van der Waals surface area contributed by atoms with E-state index >= 15 is 0 Å². The predicted molar refractivity (Wildman–Crippen MR) is 166 cm³/mol. The summed E-state index contributed by atoms with van der Waals surface area (Å²) in [6.45, 7) is 1.86. The molecule has 0 atom stereocenters. The summed E-state index contributed by atoms with van der Waals surface area (Å²) in [5, 5.41) is 2.68. The SMILES string of the molecule is COC(=O)c1ccc(-c2ccc(F)cc2)cc1NC(=O)COCC(=O)N1CCN(C(c2ccccc2)c2ccccc2)CC1. The fraction of sp³-hybridized carbons (Fsp3) is 0.229. The highest BCUT2D eigenvalue weighted by Crippen LogP contribution is 2.30. The van der Waals surface area contributed by atoms with E-state index in [-0.39, 0.29) is 42.2 Å². The van der Waals surface area contributed by atoms with Gasteiger partial charge in [0.25, 0.3) is 0 Å². The zero-order chi connectivity index (χ0) is 30.9. The van der Waals surface area contributed by atoms with Gasteiger partial charge in [-0.3, -0.25) is 14.5 Å². The highest BCUT2D eigenvalue weighted by Gasteiger charge is 2.28. The van der Waals surface area contributed by atoms with Crippen LogP contribution in [0.2, 0.25) is 0 Å². The van der Waals surface area contributed by atoms with Gasteiger partial charge in [0.05, 0.1) is 24.4 Å². The molecule has 9 heteroatoms. The number of piperazine rings is 1. The molecule has 4 aromatic rings. The highest BCUT2D eigenvalue weighted by molar-refractivity contribution is 6.02. The van der Waals surface area contributed by atoms with E-state index in [9.17, 15) is 18.8 Å². The van der Waals surface area contributed by atoms with Crippen LogP contribution in [-0.4, -0.2) is 74.1 Å². The Labute approximate surface area is 256 Å². The van der Waals surface area contributed by atoms with E-state index in [1.54, 1.807) is 29.2 Å². The van der Waals surface area contributed by atoms with Crippen LogP contribution in [0, 0.1) is 5.82 Å². The van der Waals surface area contributed by atoms with E-state index in [2.05, 4.69) is 34.5 Å². The Morgan fingerprint density at radius 3 is 1.95 bits per heavy atom. The first kappa shape index (κ1) is 30.6. The van der Waals surface area contributed by atoms with Crippen LogP contribution in [0.15, 0.2) is 103 Å². The number of nitrogens with one attached hydrogen (secondary N) is 1. The summed E-state index contributed by atoms with van der Waals surface area (Å²) in [5.74, 6) is -1.71. The van der Waals surface area contributed by atoms with Gasteiger partial charge in [0.2, 0.25) is 11.8 Å². The summed E-state index contributed by atoms with van der Waals surface area (Å²) in [6, 6.07) is 31.5. The average Bonchev–Trinajstić information content (AvgIpc) is 3.06. The molecule has 2 amide bonds. The number of hydrogen-bond acceptors (Lipinski definition) is 6. The molecular weight excluding hydrogens is 561 g/mol. The third kappa shape index (κ3) is 7.55. The molecule has 0 saturated carbocycles. The first-order valence-corrected chi connectivity index (χ1v) is 14.4. The van der Waals surface area contributed by atoms with Gasteiger partial charge < -0.3 is 19.7 Å². The van der Waals surface area contributed by atoms with Crippen LogP contribution in [0.5, 0.6) is 0 Å². The minimum absolute atomic E-state index is 0.0889. The van der Waals surface area contributed by atoms with Crippen LogP contribution in [0.4, 0.5) is 10.1 Å². The molecule has 0 aliphatic carbocycles. The Morgan fingerprint density at radius 1 is 0.773 bits per heavy atom. The van der Waals surface area contributed by atoms with E-state index in [1.165, 1.54) is 36.4 Å². The number of halogens is 1. The maximum absolute atomic E-state index is 13.4. The summed E-state index contributed by atoms with van der Waals surface area (Å²) in [5.41, 5.74) is 4.16. The molecule has 44 heavy (non-hydrogen) atoms. The van der Waals surface area contributed by atoms with Gasteiger partial charge in [0, 0.05) is 26.2 Å². The first-order valence-electron chi connectivity index (χ1n) is 14.4. The summed E-state index contributed by atoms with van der Waals surface area (Å²) in [6.07, 6.45) is 0. The second-order valence-electron chi connectivity index (χ2n) is 10.4. The van der Waals surface area contributed by atoms with E-state index in [0.717, 1.165) is 0 Å². The number of amides is 2. The van der Waals surface area contributed by atoms with Gasteiger partial charge in [-0.05, 0) is 46.5 Å². The summed E-state index contributed by atoms with van der Waals surface area (Å²) >= 11 is 0. The molecule has 1 aliphatic heterocycles. The fourth-order valence-electron chi connectivity index (χ4n) is 5.38. The second kappa shape index (κ2) is 14.5. The smallest absolute Gasteiger partial charge is 0.339 e. The lowest BCUT2D eigenvalue weighted by Gasteiger charge is -2.39. The van der Waals surface area contributed by atoms with Crippen molar-refractivity contribution in [1.29, 1.82) is 0 Å². The van der Waals surface area contributed by atoms with Crippen LogP contribution >= 0.6 is 0 Å². The lowest BCUT2D eigenvalue weighted by Crippen LogP contribution is -2.50. The normalized spacial score (nSPS) is 13.5. The number of carbonyl (C=O) groups is 3. The van der Waals surface area contributed by atoms with E-state index < -0.39 is 11.9 Å². The third-order valence-corrected chi connectivity index (χ3v) is 7.60. The Balaban J connectivity index is 1.15. The number of rotatable bonds is 10. The topological polar surface area (TPSA) is 88.2 Å². The van der Waals surface area contributed by atoms with Crippen LogP contribution in [-0.2, 0) is 19.1 Å². The first-order chi connectivity index (χ1) is 21.4. The van der Waals surface area contributed by atoms with Crippen molar-refractivity contribution in [2.45, 2.75) is 6.04 Å². The van der Waals surface area contributed by atoms with Crippen LogP contribution in [0.3, 0.4) is 0 Å². The highest BCUT2D eigenvalue weighted by atomic mass is 19.1. The van der Waals surface area contributed by atoms with Gasteiger partial charge in [-0.1, -0.05) is 78.9 Å². The second-order valence-corrected chi connectivity index (χ2v) is 10.4. The van der Waals surface area contributed by atoms with Crippen molar-refractivity contribution in [3.05, 3.63) is 126 Å². The lowest BCUT2D eigenvalue weighted by molar-refractivity contribution is -0.139. The van der Waals surface area contributed by atoms with Crippen molar-refractivity contribution in [3.63, 3.8) is 0 Å². The Hall–Kier alpha value is -4.86. The minimum Gasteiger partial charge on any atom is -0.465 e. The van der Waals surface area contributed by atoms with Crippen molar-refractivity contribution >= 4 is 23.5 Å². The number of hydrogen-bond donors (Lipinski definition) is 1. The van der Waals surface area contributed by atoms with Crippen molar-refractivity contribution in [2.75, 3.05) is 51.8 Å². The summed E-state index contributed by atoms with van der Waals surface area (Å²) < 4.78 is 23.7. The summed E-state index contributed by atoms with van der Waals surface area (Å²) in [7, 11) is 1.25. The predicted octanol–water partition coefficient (Wildman–Crippen LogP) is 5.17. The number of esters is 1. The quantitative estimate of drug-likeness (QED) is 0.255. The molecule has 0 bridgehead atoms. The van der Waals surface area contributed by atoms with E-state index in [4.69, 9.17) is 9.47 Å². The fourth-order valence-corrected chi connectivity index (χ4v) is 5.38. The monoisotopic (exact) mass is 595 g/mol. The van der Waals surface area contributed by atoms with E-state index in [0.29, 0.717) is 37.3 Å². The molecule has 1 aliphatic rings. The molecule has 5 rings (SSSR count). The molecule has 0 spiro atoms. The van der Waals surface area contributed by atoms with Crippen molar-refractivity contribution in [2.24, 2.45) is 0 Å². The largest absolute Gasteiger partial charge is 0.465 e. The summed E-state index contributed by atoms with van der Waals surface area (Å²) in [4.78, 5) is 42.1. The third-order valence-electron chi connectivity index (χ3n) is 7.60. The number of carbonyl (C=O) groups excluding carboxylic acids is 3. The molecule has 226 valence electrons.